The third-order valence-electron chi connectivity index (χ3n) is 3.60. The van der Waals surface area contributed by atoms with Crippen LogP contribution in [0.4, 0.5) is 5.69 Å². The fourth-order valence-corrected chi connectivity index (χ4v) is 2.77. The van der Waals surface area contributed by atoms with Crippen molar-refractivity contribution < 1.29 is 0 Å². The quantitative estimate of drug-likeness (QED) is 0.709. The normalized spacial score (nSPS) is 15.8. The van der Waals surface area contributed by atoms with Gasteiger partial charge in [-0.15, -0.1) is 0 Å². The van der Waals surface area contributed by atoms with Crippen molar-refractivity contribution in [3.63, 3.8) is 0 Å². The van der Waals surface area contributed by atoms with Crippen LogP contribution in [0.15, 0.2) is 24.5 Å². The standard InChI is InChI=1S/C15H19N3/c1-15(2,3)18-9-5-6-11-10-17-14-12(13(11)18)7-4-8-16-14/h4,7-8,10H,5-6,9H2,1-3H3. The summed E-state index contributed by atoms with van der Waals surface area (Å²) < 4.78 is 0. The molecule has 2 aromatic rings. The number of hydrogen-bond donors (Lipinski definition) is 0. The maximum absolute atomic E-state index is 4.47. The molecule has 3 heteroatoms. The fraction of sp³-hybridized carbons (Fsp3) is 0.467. The fourth-order valence-electron chi connectivity index (χ4n) is 2.77. The van der Waals surface area contributed by atoms with Gasteiger partial charge in [-0.25, -0.2) is 9.97 Å². The summed E-state index contributed by atoms with van der Waals surface area (Å²) in [5, 5.41) is 1.18. The molecule has 1 aliphatic heterocycles. The van der Waals surface area contributed by atoms with Crippen molar-refractivity contribution in [3.8, 4) is 0 Å². The van der Waals surface area contributed by atoms with Gasteiger partial charge in [-0.05, 0) is 51.3 Å². The Morgan fingerprint density at radius 2 is 2.06 bits per heavy atom. The molecule has 0 N–H and O–H groups in total. The Kier molecular flexibility index (Phi) is 2.51. The van der Waals surface area contributed by atoms with Crippen LogP contribution in [-0.2, 0) is 6.42 Å². The van der Waals surface area contributed by atoms with Gasteiger partial charge in [0.15, 0.2) is 5.65 Å². The Hall–Kier alpha value is -1.64. The zero-order valence-electron chi connectivity index (χ0n) is 11.3. The molecular formula is C15H19N3. The summed E-state index contributed by atoms with van der Waals surface area (Å²) in [4.78, 5) is 11.3. The molecule has 0 aromatic carbocycles. The third kappa shape index (κ3) is 1.74. The van der Waals surface area contributed by atoms with Crippen molar-refractivity contribution in [2.24, 2.45) is 0 Å². The lowest BCUT2D eigenvalue weighted by molar-refractivity contribution is 0.484. The number of aryl methyl sites for hydroxylation is 1. The van der Waals surface area contributed by atoms with Crippen LogP contribution in [0.1, 0.15) is 32.8 Å². The maximum atomic E-state index is 4.47. The number of aromatic nitrogens is 2. The highest BCUT2D eigenvalue weighted by atomic mass is 15.2. The monoisotopic (exact) mass is 241 g/mol. The molecule has 0 aliphatic carbocycles. The molecule has 2 aromatic heterocycles. The Balaban J connectivity index is 2.28. The average molecular weight is 241 g/mol. The Morgan fingerprint density at radius 1 is 1.22 bits per heavy atom. The van der Waals surface area contributed by atoms with E-state index in [0.29, 0.717) is 0 Å². The molecule has 0 unspecified atom stereocenters. The summed E-state index contributed by atoms with van der Waals surface area (Å²) in [7, 11) is 0. The second kappa shape index (κ2) is 3.94. The predicted octanol–water partition coefficient (Wildman–Crippen LogP) is 3.18. The first-order chi connectivity index (χ1) is 8.57. The zero-order valence-corrected chi connectivity index (χ0v) is 11.3. The van der Waals surface area contributed by atoms with Gasteiger partial charge in [-0.2, -0.15) is 0 Å². The first kappa shape index (κ1) is 11.5. The molecular weight excluding hydrogens is 222 g/mol. The molecule has 3 heterocycles. The summed E-state index contributed by atoms with van der Waals surface area (Å²) in [6, 6.07) is 4.14. The average Bonchev–Trinajstić information content (AvgIpc) is 2.36. The molecule has 0 spiro atoms. The first-order valence-electron chi connectivity index (χ1n) is 6.57. The molecule has 3 nitrogen and oxygen atoms in total. The maximum Gasteiger partial charge on any atom is 0.161 e. The molecule has 0 bridgehead atoms. The van der Waals surface area contributed by atoms with E-state index in [1.165, 1.54) is 23.1 Å². The zero-order chi connectivity index (χ0) is 12.8. The van der Waals surface area contributed by atoms with Crippen molar-refractivity contribution in [1.82, 2.24) is 9.97 Å². The van der Waals surface area contributed by atoms with Crippen LogP contribution in [0.5, 0.6) is 0 Å². The minimum atomic E-state index is 0.138. The molecule has 0 radical (unpaired) electrons. The van der Waals surface area contributed by atoms with Crippen molar-refractivity contribution in [2.75, 3.05) is 11.4 Å². The minimum Gasteiger partial charge on any atom is -0.366 e. The number of hydrogen-bond acceptors (Lipinski definition) is 3. The van der Waals surface area contributed by atoms with Gasteiger partial charge in [0, 0.05) is 29.9 Å². The van der Waals surface area contributed by atoms with Crippen LogP contribution in [0.25, 0.3) is 11.0 Å². The predicted molar refractivity (Wildman–Crippen MR) is 75.0 cm³/mol. The topological polar surface area (TPSA) is 29.0 Å². The van der Waals surface area contributed by atoms with Crippen molar-refractivity contribution >= 4 is 16.7 Å². The second-order valence-electron chi connectivity index (χ2n) is 5.93. The van der Waals surface area contributed by atoms with E-state index in [4.69, 9.17) is 0 Å². The highest BCUT2D eigenvalue weighted by Gasteiger charge is 2.28. The van der Waals surface area contributed by atoms with Gasteiger partial charge in [0.25, 0.3) is 0 Å². The number of fused-ring (bicyclic) bond motifs is 3. The molecule has 18 heavy (non-hydrogen) atoms. The van der Waals surface area contributed by atoms with Gasteiger partial charge in [-0.3, -0.25) is 0 Å². The van der Waals surface area contributed by atoms with E-state index >= 15 is 0 Å². The molecule has 1 aliphatic rings. The van der Waals surface area contributed by atoms with Crippen molar-refractivity contribution in [1.29, 1.82) is 0 Å². The van der Waals surface area contributed by atoms with E-state index in [2.05, 4.69) is 41.7 Å². The molecule has 94 valence electrons. The van der Waals surface area contributed by atoms with E-state index in [9.17, 15) is 0 Å². The minimum absolute atomic E-state index is 0.138. The van der Waals surface area contributed by atoms with Crippen LogP contribution >= 0.6 is 0 Å². The van der Waals surface area contributed by atoms with Gasteiger partial charge in [0.05, 0.1) is 5.69 Å². The van der Waals surface area contributed by atoms with Gasteiger partial charge in [0.2, 0.25) is 0 Å². The summed E-state index contributed by atoms with van der Waals surface area (Å²) in [6.07, 6.45) is 6.14. The van der Waals surface area contributed by atoms with E-state index < -0.39 is 0 Å². The Labute approximate surface area is 108 Å². The molecule has 0 saturated heterocycles. The van der Waals surface area contributed by atoms with E-state index in [1.54, 1.807) is 0 Å². The Morgan fingerprint density at radius 3 is 2.83 bits per heavy atom. The summed E-state index contributed by atoms with van der Waals surface area (Å²) >= 11 is 0. The van der Waals surface area contributed by atoms with Crippen LogP contribution in [-0.4, -0.2) is 22.1 Å². The molecule has 0 saturated carbocycles. The van der Waals surface area contributed by atoms with Crippen LogP contribution in [0, 0.1) is 0 Å². The molecule has 0 amide bonds. The number of nitrogens with zero attached hydrogens (tertiary/aromatic N) is 3. The summed E-state index contributed by atoms with van der Waals surface area (Å²) in [6.45, 7) is 7.92. The van der Waals surface area contributed by atoms with Crippen molar-refractivity contribution in [2.45, 2.75) is 39.2 Å². The van der Waals surface area contributed by atoms with Gasteiger partial charge >= 0.3 is 0 Å². The number of anilines is 1. The lowest BCUT2D eigenvalue weighted by Gasteiger charge is -2.42. The number of rotatable bonds is 0. The molecule has 0 atom stereocenters. The number of pyridine rings is 2. The summed E-state index contributed by atoms with van der Waals surface area (Å²) in [5.41, 5.74) is 3.69. The second-order valence-corrected chi connectivity index (χ2v) is 5.93. The van der Waals surface area contributed by atoms with Gasteiger partial charge in [-0.1, -0.05) is 0 Å². The van der Waals surface area contributed by atoms with Gasteiger partial charge < -0.3 is 4.90 Å². The van der Waals surface area contributed by atoms with E-state index in [1.807, 2.05) is 18.5 Å². The molecule has 3 rings (SSSR count). The van der Waals surface area contributed by atoms with Crippen LogP contribution < -0.4 is 4.90 Å². The van der Waals surface area contributed by atoms with Crippen LogP contribution in [0.3, 0.4) is 0 Å². The smallest absolute Gasteiger partial charge is 0.161 e. The first-order valence-corrected chi connectivity index (χ1v) is 6.57. The highest BCUT2D eigenvalue weighted by Crippen LogP contribution is 2.36. The van der Waals surface area contributed by atoms with E-state index in [-0.39, 0.29) is 5.54 Å². The van der Waals surface area contributed by atoms with E-state index in [0.717, 1.165) is 18.6 Å². The summed E-state index contributed by atoms with van der Waals surface area (Å²) in [5.74, 6) is 0. The lowest BCUT2D eigenvalue weighted by Crippen LogP contribution is -2.44. The Bertz CT molecular complexity index is 584. The highest BCUT2D eigenvalue weighted by molar-refractivity contribution is 5.91. The lowest BCUT2D eigenvalue weighted by atomic mass is 9.95. The molecule has 0 fully saturated rings. The van der Waals surface area contributed by atoms with Gasteiger partial charge in [0.1, 0.15) is 0 Å². The SMILES string of the molecule is CC(C)(C)N1CCCc2cnc3ncccc3c21. The van der Waals surface area contributed by atoms with Crippen molar-refractivity contribution in [3.05, 3.63) is 30.1 Å². The third-order valence-corrected chi connectivity index (χ3v) is 3.60. The van der Waals surface area contributed by atoms with Crippen LogP contribution in [0.2, 0.25) is 0 Å². The largest absolute Gasteiger partial charge is 0.366 e.